The Morgan fingerprint density at radius 2 is 1.94 bits per heavy atom. The van der Waals surface area contributed by atoms with Gasteiger partial charge in [-0.3, -0.25) is 4.79 Å². The minimum atomic E-state index is -0.488. The maximum atomic E-state index is 11.2. The van der Waals surface area contributed by atoms with Crippen LogP contribution in [0.2, 0.25) is 0 Å². The molecule has 1 aromatic carbocycles. The summed E-state index contributed by atoms with van der Waals surface area (Å²) in [7, 11) is 0. The van der Waals surface area contributed by atoms with Crippen molar-refractivity contribution in [1.29, 1.82) is 0 Å². The first-order valence-electron chi connectivity index (χ1n) is 5.71. The number of carbonyl (C=O) groups excluding carboxylic acids is 1. The quantitative estimate of drug-likeness (QED) is 0.843. The summed E-state index contributed by atoms with van der Waals surface area (Å²) in [5.74, 6) is 0.196. The van der Waals surface area contributed by atoms with Crippen LogP contribution in [0.1, 0.15) is 37.4 Å². The molecule has 0 saturated carbocycles. The normalized spacial score (nSPS) is 18.1. The van der Waals surface area contributed by atoms with E-state index in [4.69, 9.17) is 0 Å². The molecule has 1 aromatic rings. The van der Waals surface area contributed by atoms with Crippen LogP contribution >= 0.6 is 0 Å². The van der Waals surface area contributed by atoms with Gasteiger partial charge in [0.05, 0.1) is 6.10 Å². The van der Waals surface area contributed by atoms with Crippen molar-refractivity contribution in [1.82, 2.24) is 0 Å². The molecule has 84 valence electrons. The van der Waals surface area contributed by atoms with Gasteiger partial charge in [-0.15, -0.1) is 0 Å². The van der Waals surface area contributed by atoms with Gasteiger partial charge >= 0.3 is 0 Å². The monoisotopic (exact) mass is 216 g/mol. The minimum Gasteiger partial charge on any atom is -0.388 e. The molecule has 0 heterocycles. The van der Waals surface area contributed by atoms with Gasteiger partial charge in [-0.2, -0.15) is 0 Å². The van der Waals surface area contributed by atoms with Gasteiger partial charge in [0, 0.05) is 6.42 Å². The van der Waals surface area contributed by atoms with Crippen molar-refractivity contribution in [3.8, 4) is 0 Å². The Morgan fingerprint density at radius 1 is 1.19 bits per heavy atom. The van der Waals surface area contributed by atoms with Gasteiger partial charge in [0.25, 0.3) is 0 Å². The van der Waals surface area contributed by atoms with Gasteiger partial charge in [0.15, 0.2) is 5.78 Å². The van der Waals surface area contributed by atoms with Crippen LogP contribution in [0.5, 0.6) is 0 Å². The first-order chi connectivity index (χ1) is 7.75. The fraction of sp³-hybridized carbons (Fsp3) is 0.357. The van der Waals surface area contributed by atoms with Crippen molar-refractivity contribution < 1.29 is 9.90 Å². The van der Waals surface area contributed by atoms with E-state index in [-0.39, 0.29) is 5.78 Å². The van der Waals surface area contributed by atoms with Crippen molar-refractivity contribution in [2.24, 2.45) is 0 Å². The van der Waals surface area contributed by atoms with Crippen molar-refractivity contribution in [2.75, 3.05) is 0 Å². The smallest absolute Gasteiger partial charge is 0.155 e. The zero-order chi connectivity index (χ0) is 11.4. The minimum absolute atomic E-state index is 0.196. The predicted molar refractivity (Wildman–Crippen MR) is 63.0 cm³/mol. The maximum Gasteiger partial charge on any atom is 0.155 e. The number of carbonyl (C=O) groups is 1. The van der Waals surface area contributed by atoms with Gasteiger partial charge < -0.3 is 5.11 Å². The van der Waals surface area contributed by atoms with Crippen LogP contribution in [0, 0.1) is 0 Å². The fourth-order valence-electron chi connectivity index (χ4n) is 2.06. The van der Waals surface area contributed by atoms with Crippen molar-refractivity contribution >= 4 is 5.78 Å². The highest BCUT2D eigenvalue weighted by molar-refractivity contribution is 5.91. The van der Waals surface area contributed by atoms with Gasteiger partial charge in [-0.05, 0) is 30.9 Å². The van der Waals surface area contributed by atoms with Gasteiger partial charge in [0.1, 0.15) is 0 Å². The zero-order valence-electron chi connectivity index (χ0n) is 9.23. The lowest BCUT2D eigenvalue weighted by Crippen LogP contribution is -2.06. The van der Waals surface area contributed by atoms with Gasteiger partial charge in [0.2, 0.25) is 0 Å². The number of allylic oxidation sites excluding steroid dienone is 1. The van der Waals surface area contributed by atoms with Crippen LogP contribution in [0.4, 0.5) is 0 Å². The molecule has 0 saturated heterocycles. The Morgan fingerprint density at radius 3 is 2.62 bits per heavy atom. The molecule has 0 fully saturated rings. The number of hydrogen-bond donors (Lipinski definition) is 1. The molecular formula is C14H16O2. The van der Waals surface area contributed by atoms with Crippen LogP contribution in [-0.2, 0) is 4.79 Å². The molecule has 1 atom stereocenters. The summed E-state index contributed by atoms with van der Waals surface area (Å²) < 4.78 is 0. The van der Waals surface area contributed by atoms with Crippen LogP contribution in [0.15, 0.2) is 42.0 Å². The molecule has 0 aliphatic heterocycles. The summed E-state index contributed by atoms with van der Waals surface area (Å²) in [6.45, 7) is 0. The van der Waals surface area contributed by atoms with E-state index >= 15 is 0 Å². The van der Waals surface area contributed by atoms with Crippen molar-refractivity contribution in [3.05, 3.63) is 47.5 Å². The zero-order valence-corrected chi connectivity index (χ0v) is 9.23. The van der Waals surface area contributed by atoms with E-state index in [0.717, 1.165) is 24.0 Å². The first-order valence-corrected chi connectivity index (χ1v) is 5.71. The molecule has 0 bridgehead atoms. The van der Waals surface area contributed by atoms with E-state index in [2.05, 4.69) is 0 Å². The third-order valence-corrected chi connectivity index (χ3v) is 2.93. The fourth-order valence-corrected chi connectivity index (χ4v) is 2.06. The summed E-state index contributed by atoms with van der Waals surface area (Å²) >= 11 is 0. The van der Waals surface area contributed by atoms with Crippen LogP contribution < -0.4 is 0 Å². The third kappa shape index (κ3) is 2.80. The molecule has 1 N–H and O–H groups in total. The molecule has 1 aliphatic rings. The second kappa shape index (κ2) is 5.08. The second-order valence-corrected chi connectivity index (χ2v) is 4.25. The van der Waals surface area contributed by atoms with Crippen LogP contribution in [-0.4, -0.2) is 10.9 Å². The molecule has 1 aliphatic carbocycles. The highest BCUT2D eigenvalue weighted by Crippen LogP contribution is 2.26. The molecule has 0 spiro atoms. The molecule has 0 aromatic heterocycles. The lowest BCUT2D eigenvalue weighted by Gasteiger charge is -2.16. The number of rotatable bonds is 3. The number of ketones is 1. The number of benzene rings is 1. The second-order valence-electron chi connectivity index (χ2n) is 4.25. The van der Waals surface area contributed by atoms with E-state index in [1.165, 1.54) is 0 Å². The number of hydrogen-bond acceptors (Lipinski definition) is 2. The van der Waals surface area contributed by atoms with Crippen LogP contribution in [0.3, 0.4) is 0 Å². The van der Waals surface area contributed by atoms with Crippen molar-refractivity contribution in [2.45, 2.75) is 31.8 Å². The summed E-state index contributed by atoms with van der Waals surface area (Å²) in [6, 6.07) is 9.59. The Bertz CT molecular complexity index is 392. The van der Waals surface area contributed by atoms with Gasteiger partial charge in [-0.25, -0.2) is 0 Å². The molecule has 0 radical (unpaired) electrons. The average molecular weight is 216 g/mol. The maximum absolute atomic E-state index is 11.2. The third-order valence-electron chi connectivity index (χ3n) is 2.93. The van der Waals surface area contributed by atoms with Crippen LogP contribution in [0.25, 0.3) is 0 Å². The van der Waals surface area contributed by atoms with Crippen molar-refractivity contribution in [3.63, 3.8) is 0 Å². The summed E-state index contributed by atoms with van der Waals surface area (Å²) in [4.78, 5) is 11.2. The Hall–Kier alpha value is -1.41. The summed E-state index contributed by atoms with van der Waals surface area (Å²) in [5.41, 5.74) is 1.99. The van der Waals surface area contributed by atoms with E-state index in [1.54, 1.807) is 6.08 Å². The van der Waals surface area contributed by atoms with E-state index in [1.807, 2.05) is 30.3 Å². The highest BCUT2D eigenvalue weighted by atomic mass is 16.3. The number of aliphatic hydroxyl groups excluding tert-OH is 1. The molecule has 0 unspecified atom stereocenters. The lowest BCUT2D eigenvalue weighted by atomic mass is 9.92. The SMILES string of the molecule is O=C1C=C(C[C@@H](O)c2ccccc2)CCC1. The topological polar surface area (TPSA) is 37.3 Å². The summed E-state index contributed by atoms with van der Waals surface area (Å²) in [6.07, 6.45) is 4.32. The average Bonchev–Trinajstić information content (AvgIpc) is 2.30. The number of aliphatic hydroxyl groups is 1. The Labute approximate surface area is 95.6 Å². The molecular weight excluding hydrogens is 200 g/mol. The highest BCUT2D eigenvalue weighted by Gasteiger charge is 2.14. The lowest BCUT2D eigenvalue weighted by molar-refractivity contribution is -0.115. The van der Waals surface area contributed by atoms with Gasteiger partial charge in [-0.1, -0.05) is 35.9 Å². The molecule has 16 heavy (non-hydrogen) atoms. The molecule has 0 amide bonds. The first kappa shape index (κ1) is 11.1. The van der Waals surface area contributed by atoms with E-state index < -0.39 is 6.10 Å². The largest absolute Gasteiger partial charge is 0.388 e. The molecule has 2 heteroatoms. The molecule has 2 rings (SSSR count). The Balaban J connectivity index is 2.02. The Kier molecular flexibility index (Phi) is 3.52. The summed E-state index contributed by atoms with van der Waals surface area (Å²) in [5, 5.41) is 10.0. The molecule has 2 nitrogen and oxygen atoms in total. The standard InChI is InChI=1S/C14H16O2/c15-13-8-4-5-11(9-13)10-14(16)12-6-2-1-3-7-12/h1-3,6-7,9,14,16H,4-5,8,10H2/t14-/m1/s1. The van der Waals surface area contributed by atoms with E-state index in [9.17, 15) is 9.90 Å². The van der Waals surface area contributed by atoms with E-state index in [0.29, 0.717) is 12.8 Å². The predicted octanol–water partition coefficient (Wildman–Crippen LogP) is 2.79.